The molecule has 0 bridgehead atoms. The molecule has 0 fully saturated rings. The van der Waals surface area contributed by atoms with Crippen molar-refractivity contribution in [3.8, 4) is 0 Å². The van der Waals surface area contributed by atoms with Crippen LogP contribution in [0.5, 0.6) is 0 Å². The van der Waals surface area contributed by atoms with Crippen molar-refractivity contribution >= 4 is 0 Å². The van der Waals surface area contributed by atoms with Crippen molar-refractivity contribution in [2.75, 3.05) is 0 Å². The van der Waals surface area contributed by atoms with E-state index in [1.54, 1.807) is 11.1 Å². The first-order valence-corrected chi connectivity index (χ1v) is 13.3. The van der Waals surface area contributed by atoms with Gasteiger partial charge in [-0.2, -0.15) is 0 Å². The fourth-order valence-electron chi connectivity index (χ4n) is 5.39. The van der Waals surface area contributed by atoms with Crippen LogP contribution < -0.4 is 0 Å². The van der Waals surface area contributed by atoms with Crippen molar-refractivity contribution in [3.05, 3.63) is 41.0 Å². The minimum atomic E-state index is -0.579. The molecule has 2 atom stereocenters. The molecule has 134 valence electrons. The first-order valence-electron chi connectivity index (χ1n) is 10.9. The predicted octanol–water partition coefficient (Wildman–Crippen LogP) is 7.44. The molecule has 0 aromatic rings. The van der Waals surface area contributed by atoms with Gasteiger partial charge in [-0.1, -0.05) is 0 Å². The molecule has 0 N–H and O–H groups in total. The minimum absolute atomic E-state index is 0.579. The van der Waals surface area contributed by atoms with Crippen LogP contribution in [0.3, 0.4) is 0 Å². The van der Waals surface area contributed by atoms with Crippen LogP contribution in [0.1, 0.15) is 90.9 Å². The Morgan fingerprint density at radius 1 is 0.600 bits per heavy atom. The van der Waals surface area contributed by atoms with Gasteiger partial charge in [-0.15, -0.1) is 0 Å². The first-order chi connectivity index (χ1) is 12.2. The van der Waals surface area contributed by atoms with E-state index in [-0.39, 0.29) is 0 Å². The van der Waals surface area contributed by atoms with Gasteiger partial charge in [0, 0.05) is 0 Å². The van der Waals surface area contributed by atoms with Crippen molar-refractivity contribution in [2.45, 2.75) is 90.9 Å². The summed E-state index contributed by atoms with van der Waals surface area (Å²) in [6, 6.07) is 0. The van der Waals surface area contributed by atoms with Crippen molar-refractivity contribution in [2.24, 2.45) is 11.8 Å². The Kier molecular flexibility index (Phi) is 6.01. The molecule has 4 rings (SSSR count). The SMILES string of the molecule is CC1[C]([Zr][C]2=CC3=C(CCCCCC3)C2C)=CC2=C1CCCCCC2. The van der Waals surface area contributed by atoms with Gasteiger partial charge < -0.3 is 0 Å². The molecular weight excluding hydrogens is 379 g/mol. The van der Waals surface area contributed by atoms with Gasteiger partial charge >= 0.3 is 167 Å². The Bertz CT molecular complexity index is 587. The zero-order chi connectivity index (χ0) is 17.2. The van der Waals surface area contributed by atoms with E-state index in [9.17, 15) is 0 Å². The molecule has 0 aliphatic heterocycles. The number of hydrogen-bond acceptors (Lipinski definition) is 0. The molecule has 0 saturated carbocycles. The van der Waals surface area contributed by atoms with E-state index in [0.29, 0.717) is 0 Å². The van der Waals surface area contributed by atoms with E-state index >= 15 is 0 Å². The molecular formula is C24H34Zr. The summed E-state index contributed by atoms with van der Waals surface area (Å²) < 4.78 is 3.79. The fraction of sp³-hybridized carbons (Fsp3) is 0.667. The van der Waals surface area contributed by atoms with Crippen LogP contribution in [-0.4, -0.2) is 0 Å². The van der Waals surface area contributed by atoms with Crippen LogP contribution in [0.15, 0.2) is 41.0 Å². The van der Waals surface area contributed by atoms with E-state index in [2.05, 4.69) is 26.0 Å². The van der Waals surface area contributed by atoms with Gasteiger partial charge in [0.2, 0.25) is 0 Å². The molecule has 4 aliphatic carbocycles. The van der Waals surface area contributed by atoms with Gasteiger partial charge in [0.1, 0.15) is 0 Å². The molecule has 0 heterocycles. The summed E-state index contributed by atoms with van der Waals surface area (Å²) in [6.07, 6.45) is 22.4. The maximum absolute atomic E-state index is 2.70. The monoisotopic (exact) mass is 412 g/mol. The Balaban J connectivity index is 1.48. The van der Waals surface area contributed by atoms with Gasteiger partial charge in [-0.05, 0) is 0 Å². The van der Waals surface area contributed by atoms with E-state index < -0.39 is 23.2 Å². The Morgan fingerprint density at radius 3 is 1.44 bits per heavy atom. The summed E-state index contributed by atoms with van der Waals surface area (Å²) in [5.74, 6) is 1.58. The van der Waals surface area contributed by atoms with Crippen LogP contribution in [0.2, 0.25) is 0 Å². The molecule has 0 amide bonds. The second-order valence-corrected chi connectivity index (χ2v) is 12.1. The first kappa shape index (κ1) is 18.2. The Morgan fingerprint density at radius 2 is 1.00 bits per heavy atom. The molecule has 25 heavy (non-hydrogen) atoms. The fourth-order valence-corrected chi connectivity index (χ4v) is 9.34. The summed E-state index contributed by atoms with van der Waals surface area (Å²) in [4.78, 5) is 0. The van der Waals surface area contributed by atoms with Gasteiger partial charge in [0.15, 0.2) is 0 Å². The van der Waals surface area contributed by atoms with Crippen LogP contribution in [0.4, 0.5) is 0 Å². The molecule has 0 radical (unpaired) electrons. The third kappa shape index (κ3) is 3.92. The Labute approximate surface area is 166 Å². The van der Waals surface area contributed by atoms with Crippen LogP contribution >= 0.6 is 0 Å². The van der Waals surface area contributed by atoms with Crippen molar-refractivity contribution in [1.82, 2.24) is 0 Å². The van der Waals surface area contributed by atoms with Gasteiger partial charge in [-0.25, -0.2) is 0 Å². The van der Waals surface area contributed by atoms with E-state index in [1.807, 2.05) is 17.7 Å². The summed E-state index contributed by atoms with van der Waals surface area (Å²) in [5.41, 5.74) is 7.21. The second kappa shape index (κ2) is 8.25. The molecule has 0 aromatic carbocycles. The van der Waals surface area contributed by atoms with Gasteiger partial charge in [-0.3, -0.25) is 0 Å². The van der Waals surface area contributed by atoms with E-state index in [0.717, 1.165) is 11.8 Å². The zero-order valence-corrected chi connectivity index (χ0v) is 18.8. The quantitative estimate of drug-likeness (QED) is 0.441. The van der Waals surface area contributed by atoms with Crippen molar-refractivity contribution < 1.29 is 23.2 Å². The summed E-state index contributed by atoms with van der Waals surface area (Å²) in [6.45, 7) is 5.06. The normalized spacial score (nSPS) is 30.6. The van der Waals surface area contributed by atoms with Crippen LogP contribution in [-0.2, 0) is 23.2 Å². The summed E-state index contributed by atoms with van der Waals surface area (Å²) in [7, 11) is 0. The van der Waals surface area contributed by atoms with Gasteiger partial charge in [0.05, 0.1) is 0 Å². The maximum atomic E-state index is 2.70. The van der Waals surface area contributed by atoms with Gasteiger partial charge in [0.25, 0.3) is 0 Å². The third-order valence-corrected chi connectivity index (χ3v) is 11.3. The summed E-state index contributed by atoms with van der Waals surface area (Å²) >= 11 is -0.579. The number of allylic oxidation sites excluding steroid dienone is 8. The van der Waals surface area contributed by atoms with Crippen molar-refractivity contribution in [1.29, 1.82) is 0 Å². The average molecular weight is 414 g/mol. The number of rotatable bonds is 2. The van der Waals surface area contributed by atoms with Crippen molar-refractivity contribution in [3.63, 3.8) is 0 Å². The predicted molar refractivity (Wildman–Crippen MR) is 104 cm³/mol. The molecule has 0 spiro atoms. The zero-order valence-electron chi connectivity index (χ0n) is 16.3. The Hall–Kier alpha value is -0.157. The average Bonchev–Trinajstić information content (AvgIpc) is 2.98. The molecule has 1 heteroatoms. The van der Waals surface area contributed by atoms with E-state index in [4.69, 9.17) is 0 Å². The third-order valence-electron chi connectivity index (χ3n) is 7.04. The van der Waals surface area contributed by atoms with E-state index in [1.165, 1.54) is 77.0 Å². The van der Waals surface area contributed by atoms with Crippen LogP contribution in [0, 0.1) is 11.8 Å². The molecule has 4 aliphatic rings. The topological polar surface area (TPSA) is 0 Å². The molecule has 0 nitrogen and oxygen atoms in total. The standard InChI is InChI=1S/2C12H17.Zr/c2*1-10-8-9-11-6-4-2-3-5-7-12(10)11;/h2*9-10H,2-7H2,1H3;. The molecule has 0 saturated heterocycles. The second-order valence-electron chi connectivity index (χ2n) is 8.70. The molecule has 0 aromatic heterocycles. The summed E-state index contributed by atoms with van der Waals surface area (Å²) in [5, 5.41) is 0. The number of hydrogen-bond donors (Lipinski definition) is 0. The molecule has 2 unspecified atom stereocenters. The van der Waals surface area contributed by atoms with Crippen LogP contribution in [0.25, 0.3) is 0 Å².